The summed E-state index contributed by atoms with van der Waals surface area (Å²) in [4.78, 5) is 8.97. The van der Waals surface area contributed by atoms with Crippen LogP contribution in [0.1, 0.15) is 0 Å². The Hall–Kier alpha value is -2.95. The van der Waals surface area contributed by atoms with Crippen LogP contribution in [0.25, 0.3) is 33.2 Å². The van der Waals surface area contributed by atoms with E-state index in [9.17, 15) is 0 Å². The molecule has 0 spiro atoms. The number of aromatic nitrogens is 4. The predicted molar refractivity (Wildman–Crippen MR) is 79.0 cm³/mol. The van der Waals surface area contributed by atoms with Gasteiger partial charge in [0.05, 0.1) is 17.2 Å². The molecule has 0 amide bonds. The number of hydrogen-bond donors (Lipinski definition) is 2. The van der Waals surface area contributed by atoms with Gasteiger partial charge < -0.3 is 5.73 Å². The molecule has 0 aliphatic carbocycles. The number of nitrogens with one attached hydrogen (secondary N) is 1. The van der Waals surface area contributed by atoms with Crippen LogP contribution in [0.4, 0.5) is 5.82 Å². The van der Waals surface area contributed by atoms with E-state index in [0.717, 1.165) is 27.4 Å². The van der Waals surface area contributed by atoms with Gasteiger partial charge in [0, 0.05) is 16.3 Å². The topological polar surface area (TPSA) is 80.5 Å². The summed E-state index contributed by atoms with van der Waals surface area (Å²) in [5.41, 5.74) is 8.78. The fraction of sp³-hybridized carbons (Fsp3) is 0. The van der Waals surface area contributed by atoms with E-state index in [4.69, 9.17) is 5.73 Å². The van der Waals surface area contributed by atoms with Crippen LogP contribution in [0.3, 0.4) is 0 Å². The molecule has 4 aromatic rings. The molecule has 2 aromatic carbocycles. The van der Waals surface area contributed by atoms with Crippen molar-refractivity contribution in [2.75, 3.05) is 5.73 Å². The van der Waals surface area contributed by atoms with Gasteiger partial charge in [-0.05, 0) is 30.3 Å². The highest BCUT2D eigenvalue weighted by molar-refractivity contribution is 5.90. The number of aromatic amines is 1. The lowest BCUT2D eigenvalue weighted by Gasteiger charge is -2.05. The number of hydrogen-bond acceptors (Lipinski definition) is 4. The van der Waals surface area contributed by atoms with Gasteiger partial charge in [0.25, 0.3) is 0 Å². The van der Waals surface area contributed by atoms with Crippen LogP contribution in [-0.2, 0) is 0 Å². The Morgan fingerprint density at radius 3 is 2.85 bits per heavy atom. The van der Waals surface area contributed by atoms with Crippen LogP contribution in [0.2, 0.25) is 0 Å². The molecule has 2 aromatic heterocycles. The minimum absolute atomic E-state index is 0.498. The number of fused-ring (bicyclic) bond motifs is 2. The Morgan fingerprint density at radius 2 is 1.90 bits per heavy atom. The molecule has 20 heavy (non-hydrogen) atoms. The molecule has 0 saturated carbocycles. The van der Waals surface area contributed by atoms with Crippen LogP contribution in [0, 0.1) is 0 Å². The van der Waals surface area contributed by atoms with Gasteiger partial charge in [-0.3, -0.25) is 5.10 Å². The van der Waals surface area contributed by atoms with E-state index in [1.54, 1.807) is 6.20 Å². The number of para-hydroxylation sites is 1. The van der Waals surface area contributed by atoms with Crippen molar-refractivity contribution >= 4 is 27.6 Å². The first-order valence-corrected chi connectivity index (χ1v) is 6.27. The summed E-state index contributed by atoms with van der Waals surface area (Å²) in [6.07, 6.45) is 1.78. The van der Waals surface area contributed by atoms with Crippen LogP contribution < -0.4 is 5.73 Å². The van der Waals surface area contributed by atoms with E-state index in [0.29, 0.717) is 11.6 Å². The van der Waals surface area contributed by atoms with E-state index in [2.05, 4.69) is 20.2 Å². The molecule has 96 valence electrons. The molecule has 5 nitrogen and oxygen atoms in total. The van der Waals surface area contributed by atoms with Gasteiger partial charge in [-0.25, -0.2) is 9.97 Å². The lowest BCUT2D eigenvalue weighted by Crippen LogP contribution is -1.97. The maximum absolute atomic E-state index is 6.02. The van der Waals surface area contributed by atoms with Crippen molar-refractivity contribution in [3.05, 3.63) is 48.7 Å². The Kier molecular flexibility index (Phi) is 2.20. The summed E-state index contributed by atoms with van der Waals surface area (Å²) in [6.45, 7) is 0. The summed E-state index contributed by atoms with van der Waals surface area (Å²) in [5, 5.41) is 8.84. The van der Waals surface area contributed by atoms with Crippen molar-refractivity contribution < 1.29 is 0 Å². The van der Waals surface area contributed by atoms with Gasteiger partial charge in [0.2, 0.25) is 0 Å². The number of nitrogens with zero attached hydrogens (tertiary/aromatic N) is 3. The van der Waals surface area contributed by atoms with Gasteiger partial charge in [-0.2, -0.15) is 5.10 Å². The molecule has 0 radical (unpaired) electrons. The van der Waals surface area contributed by atoms with Crippen molar-refractivity contribution in [2.24, 2.45) is 0 Å². The predicted octanol–water partition coefficient (Wildman–Crippen LogP) is 2.76. The van der Waals surface area contributed by atoms with Crippen LogP contribution >= 0.6 is 0 Å². The first kappa shape index (κ1) is 10.9. The average molecular weight is 261 g/mol. The average Bonchev–Trinajstić information content (AvgIpc) is 2.94. The lowest BCUT2D eigenvalue weighted by molar-refractivity contribution is 1.12. The maximum atomic E-state index is 6.02. The Balaban J connectivity index is 1.96. The van der Waals surface area contributed by atoms with Crippen molar-refractivity contribution in [3.63, 3.8) is 0 Å². The molecule has 0 fully saturated rings. The standard InChI is InChI=1S/C15H11N5/c16-14-11-3-1-2-4-13(11)18-15(19-14)9-5-6-12-10(7-9)8-17-20-12/h1-8H,(H,17,20)(H2,16,18,19). The quantitative estimate of drug-likeness (QED) is 0.552. The van der Waals surface area contributed by atoms with Crippen LogP contribution in [0.15, 0.2) is 48.7 Å². The molecule has 2 heterocycles. The number of anilines is 1. The minimum atomic E-state index is 0.498. The SMILES string of the molecule is Nc1nc(-c2ccc3[nH]ncc3c2)nc2ccccc12. The summed E-state index contributed by atoms with van der Waals surface area (Å²) in [5.74, 6) is 1.13. The fourth-order valence-corrected chi connectivity index (χ4v) is 2.31. The molecule has 3 N–H and O–H groups in total. The zero-order chi connectivity index (χ0) is 13.5. The van der Waals surface area contributed by atoms with Crippen LogP contribution in [-0.4, -0.2) is 20.2 Å². The molecule has 0 aliphatic rings. The van der Waals surface area contributed by atoms with Crippen molar-refractivity contribution in [1.29, 1.82) is 0 Å². The molecule has 5 heteroatoms. The zero-order valence-corrected chi connectivity index (χ0v) is 10.5. The number of nitrogens with two attached hydrogens (primary N) is 1. The molecule has 0 saturated heterocycles. The molecular weight excluding hydrogens is 250 g/mol. The second-order valence-corrected chi connectivity index (χ2v) is 4.62. The molecular formula is C15H11N5. The van der Waals surface area contributed by atoms with Gasteiger partial charge in [-0.1, -0.05) is 12.1 Å². The highest BCUT2D eigenvalue weighted by atomic mass is 15.1. The van der Waals surface area contributed by atoms with E-state index in [1.165, 1.54) is 0 Å². The third-order valence-corrected chi connectivity index (χ3v) is 3.33. The summed E-state index contributed by atoms with van der Waals surface area (Å²) < 4.78 is 0. The maximum Gasteiger partial charge on any atom is 0.162 e. The van der Waals surface area contributed by atoms with E-state index in [-0.39, 0.29) is 0 Å². The van der Waals surface area contributed by atoms with E-state index in [1.807, 2.05) is 42.5 Å². The Labute approximate surface area is 114 Å². The molecule has 0 bridgehead atoms. The van der Waals surface area contributed by atoms with Gasteiger partial charge in [-0.15, -0.1) is 0 Å². The van der Waals surface area contributed by atoms with Crippen molar-refractivity contribution in [3.8, 4) is 11.4 Å². The number of nitrogen functional groups attached to an aromatic ring is 1. The monoisotopic (exact) mass is 261 g/mol. The van der Waals surface area contributed by atoms with E-state index < -0.39 is 0 Å². The first-order chi connectivity index (χ1) is 9.81. The Morgan fingerprint density at radius 1 is 1.00 bits per heavy atom. The van der Waals surface area contributed by atoms with Gasteiger partial charge in [0.15, 0.2) is 5.82 Å². The molecule has 4 rings (SSSR count). The number of H-pyrrole nitrogens is 1. The van der Waals surface area contributed by atoms with Crippen molar-refractivity contribution in [1.82, 2.24) is 20.2 Å². The normalized spacial score (nSPS) is 11.2. The molecule has 0 unspecified atom stereocenters. The van der Waals surface area contributed by atoms with Crippen LogP contribution in [0.5, 0.6) is 0 Å². The van der Waals surface area contributed by atoms with Gasteiger partial charge in [0.1, 0.15) is 5.82 Å². The second-order valence-electron chi connectivity index (χ2n) is 4.62. The highest BCUT2D eigenvalue weighted by Gasteiger charge is 2.08. The molecule has 0 atom stereocenters. The third-order valence-electron chi connectivity index (χ3n) is 3.33. The zero-order valence-electron chi connectivity index (χ0n) is 10.5. The second kappa shape index (κ2) is 4.03. The number of benzene rings is 2. The minimum Gasteiger partial charge on any atom is -0.383 e. The first-order valence-electron chi connectivity index (χ1n) is 6.27. The van der Waals surface area contributed by atoms with Crippen molar-refractivity contribution in [2.45, 2.75) is 0 Å². The summed E-state index contributed by atoms with van der Waals surface area (Å²) in [6, 6.07) is 13.7. The summed E-state index contributed by atoms with van der Waals surface area (Å²) in [7, 11) is 0. The fourth-order valence-electron chi connectivity index (χ4n) is 2.31. The largest absolute Gasteiger partial charge is 0.383 e. The number of rotatable bonds is 1. The van der Waals surface area contributed by atoms with Gasteiger partial charge >= 0.3 is 0 Å². The highest BCUT2D eigenvalue weighted by Crippen LogP contribution is 2.25. The lowest BCUT2D eigenvalue weighted by atomic mass is 10.1. The smallest absolute Gasteiger partial charge is 0.162 e. The molecule has 0 aliphatic heterocycles. The third kappa shape index (κ3) is 1.60. The Bertz CT molecular complexity index is 926. The van der Waals surface area contributed by atoms with E-state index >= 15 is 0 Å². The summed E-state index contributed by atoms with van der Waals surface area (Å²) >= 11 is 0.